The zero-order chi connectivity index (χ0) is 22.0. The van der Waals surface area contributed by atoms with Crippen molar-refractivity contribution in [3.8, 4) is 11.5 Å². The van der Waals surface area contributed by atoms with Gasteiger partial charge in [-0.2, -0.15) is 0 Å². The SMILES string of the molecule is CCc1ccc(OCCC(=O)N2CCC3(CC2)CC(=O)c2cc(C)cc(C)c2O3)cc1. The van der Waals surface area contributed by atoms with E-state index in [-0.39, 0.29) is 11.7 Å². The summed E-state index contributed by atoms with van der Waals surface area (Å²) < 4.78 is 12.2. The van der Waals surface area contributed by atoms with E-state index in [1.165, 1.54) is 5.56 Å². The molecule has 0 unspecified atom stereocenters. The van der Waals surface area contributed by atoms with Gasteiger partial charge in [0.1, 0.15) is 17.1 Å². The molecule has 0 radical (unpaired) electrons. The van der Waals surface area contributed by atoms with E-state index in [4.69, 9.17) is 9.47 Å². The lowest BCUT2D eigenvalue weighted by atomic mass is 9.81. The molecule has 1 fully saturated rings. The second-order valence-electron chi connectivity index (χ2n) is 8.82. The third-order valence-electron chi connectivity index (χ3n) is 6.46. The summed E-state index contributed by atoms with van der Waals surface area (Å²) in [6.45, 7) is 7.69. The molecule has 2 aliphatic rings. The van der Waals surface area contributed by atoms with Gasteiger partial charge in [-0.25, -0.2) is 0 Å². The van der Waals surface area contributed by atoms with Crippen molar-refractivity contribution >= 4 is 11.7 Å². The number of likely N-dealkylation sites (tertiary alicyclic amines) is 1. The van der Waals surface area contributed by atoms with Gasteiger partial charge in [0.15, 0.2) is 5.78 Å². The van der Waals surface area contributed by atoms with E-state index in [1.54, 1.807) is 0 Å². The molecule has 1 spiro atoms. The molecule has 0 bridgehead atoms. The van der Waals surface area contributed by atoms with Crippen LogP contribution >= 0.6 is 0 Å². The maximum atomic E-state index is 12.8. The number of carbonyl (C=O) groups is 2. The molecular formula is C26H31NO4. The Morgan fingerprint density at radius 2 is 1.84 bits per heavy atom. The van der Waals surface area contributed by atoms with Crippen molar-refractivity contribution in [2.45, 2.75) is 58.5 Å². The first-order valence-electron chi connectivity index (χ1n) is 11.2. The van der Waals surface area contributed by atoms with Gasteiger partial charge < -0.3 is 14.4 Å². The van der Waals surface area contributed by atoms with Crippen LogP contribution in [-0.2, 0) is 11.2 Å². The summed E-state index contributed by atoms with van der Waals surface area (Å²) in [5.74, 6) is 1.76. The number of benzene rings is 2. The summed E-state index contributed by atoms with van der Waals surface area (Å²) in [5.41, 5.74) is 3.56. The standard InChI is InChI=1S/C26H31NO4/c1-4-20-5-7-21(8-6-20)30-14-9-24(29)27-12-10-26(11-13-27)17-23(28)22-16-18(2)15-19(3)25(22)31-26/h5-8,15-16H,4,9-14,17H2,1-3H3. The van der Waals surface area contributed by atoms with Crippen LogP contribution in [0.4, 0.5) is 0 Å². The van der Waals surface area contributed by atoms with Gasteiger partial charge >= 0.3 is 0 Å². The summed E-state index contributed by atoms with van der Waals surface area (Å²) in [6, 6.07) is 12.0. The van der Waals surface area contributed by atoms with Gasteiger partial charge in [0, 0.05) is 25.9 Å². The smallest absolute Gasteiger partial charge is 0.226 e. The van der Waals surface area contributed by atoms with Crippen LogP contribution in [-0.4, -0.2) is 41.9 Å². The highest BCUT2D eigenvalue weighted by Crippen LogP contribution is 2.41. The molecule has 2 aliphatic heterocycles. The van der Waals surface area contributed by atoms with Crippen LogP contribution in [0.3, 0.4) is 0 Å². The number of amides is 1. The highest BCUT2D eigenvalue weighted by atomic mass is 16.5. The van der Waals surface area contributed by atoms with Crippen LogP contribution in [0.25, 0.3) is 0 Å². The number of hydrogen-bond donors (Lipinski definition) is 0. The first-order valence-corrected chi connectivity index (χ1v) is 11.2. The van der Waals surface area contributed by atoms with Crippen molar-refractivity contribution < 1.29 is 19.1 Å². The van der Waals surface area contributed by atoms with Gasteiger partial charge in [-0.05, 0) is 55.2 Å². The van der Waals surface area contributed by atoms with Crippen molar-refractivity contribution in [1.82, 2.24) is 4.90 Å². The number of Topliss-reactive ketones (excluding diaryl/α,β-unsaturated/α-hetero) is 1. The second-order valence-corrected chi connectivity index (χ2v) is 8.82. The Morgan fingerprint density at radius 3 is 2.52 bits per heavy atom. The highest BCUT2D eigenvalue weighted by molar-refractivity contribution is 6.01. The van der Waals surface area contributed by atoms with Crippen LogP contribution in [0.2, 0.25) is 0 Å². The van der Waals surface area contributed by atoms with Crippen LogP contribution < -0.4 is 9.47 Å². The number of fused-ring (bicyclic) bond motifs is 1. The first kappa shape index (κ1) is 21.4. The largest absolute Gasteiger partial charge is 0.493 e. The minimum absolute atomic E-state index is 0.0920. The van der Waals surface area contributed by atoms with E-state index in [0.717, 1.165) is 29.0 Å². The molecule has 0 N–H and O–H groups in total. The van der Waals surface area contributed by atoms with Crippen molar-refractivity contribution in [1.29, 1.82) is 0 Å². The number of nitrogens with zero attached hydrogens (tertiary/aromatic N) is 1. The Bertz CT molecular complexity index is 972. The van der Waals surface area contributed by atoms with E-state index in [9.17, 15) is 9.59 Å². The summed E-state index contributed by atoms with van der Waals surface area (Å²) in [7, 11) is 0. The predicted octanol–water partition coefficient (Wildman–Crippen LogP) is 4.66. The van der Waals surface area contributed by atoms with Crippen LogP contribution in [0.15, 0.2) is 36.4 Å². The molecule has 0 aliphatic carbocycles. The second kappa shape index (κ2) is 8.74. The number of rotatable bonds is 5. The maximum absolute atomic E-state index is 12.8. The summed E-state index contributed by atoms with van der Waals surface area (Å²) >= 11 is 0. The topological polar surface area (TPSA) is 55.8 Å². The molecule has 0 atom stereocenters. The number of hydrogen-bond acceptors (Lipinski definition) is 4. The van der Waals surface area contributed by atoms with Gasteiger partial charge in [-0.15, -0.1) is 0 Å². The number of piperidine rings is 1. The van der Waals surface area contributed by atoms with Crippen LogP contribution in [0.1, 0.15) is 59.7 Å². The minimum atomic E-state index is -0.488. The normalized spacial score (nSPS) is 17.3. The lowest BCUT2D eigenvalue weighted by Crippen LogP contribution is -2.52. The van der Waals surface area contributed by atoms with E-state index < -0.39 is 5.60 Å². The van der Waals surface area contributed by atoms with Crippen molar-refractivity contribution in [2.24, 2.45) is 0 Å². The van der Waals surface area contributed by atoms with Crippen molar-refractivity contribution in [3.63, 3.8) is 0 Å². The quantitative estimate of drug-likeness (QED) is 0.705. The Balaban J connectivity index is 1.31. The molecular weight excluding hydrogens is 390 g/mol. The van der Waals surface area contributed by atoms with E-state index in [0.29, 0.717) is 50.9 Å². The monoisotopic (exact) mass is 421 g/mol. The zero-order valence-electron chi connectivity index (χ0n) is 18.7. The average molecular weight is 422 g/mol. The average Bonchev–Trinajstić information content (AvgIpc) is 2.76. The van der Waals surface area contributed by atoms with Gasteiger partial charge in [-0.3, -0.25) is 9.59 Å². The zero-order valence-corrected chi connectivity index (χ0v) is 18.7. The number of aryl methyl sites for hydroxylation is 3. The summed E-state index contributed by atoms with van der Waals surface area (Å²) in [5, 5.41) is 0. The minimum Gasteiger partial charge on any atom is -0.493 e. The molecule has 0 saturated carbocycles. The molecule has 2 aromatic carbocycles. The molecule has 1 saturated heterocycles. The van der Waals surface area contributed by atoms with Crippen LogP contribution in [0.5, 0.6) is 11.5 Å². The lowest BCUT2D eigenvalue weighted by Gasteiger charge is -2.44. The summed E-state index contributed by atoms with van der Waals surface area (Å²) in [6.07, 6.45) is 3.09. The molecule has 5 heteroatoms. The van der Waals surface area contributed by atoms with Gasteiger partial charge in [0.05, 0.1) is 25.0 Å². The van der Waals surface area contributed by atoms with Gasteiger partial charge in [0.25, 0.3) is 0 Å². The Hall–Kier alpha value is -2.82. The molecule has 5 nitrogen and oxygen atoms in total. The third-order valence-corrected chi connectivity index (χ3v) is 6.46. The maximum Gasteiger partial charge on any atom is 0.226 e. The molecule has 164 valence electrons. The highest BCUT2D eigenvalue weighted by Gasteiger charge is 2.44. The molecule has 31 heavy (non-hydrogen) atoms. The first-order chi connectivity index (χ1) is 14.9. The number of ketones is 1. The Kier molecular flexibility index (Phi) is 6.03. The molecule has 0 aromatic heterocycles. The van der Waals surface area contributed by atoms with Crippen LogP contribution in [0, 0.1) is 13.8 Å². The fourth-order valence-corrected chi connectivity index (χ4v) is 4.62. The Labute approximate surface area is 184 Å². The fraction of sp³-hybridized carbons (Fsp3) is 0.462. The molecule has 2 aromatic rings. The molecule has 1 amide bonds. The Morgan fingerprint density at radius 1 is 1.13 bits per heavy atom. The molecule has 2 heterocycles. The lowest BCUT2D eigenvalue weighted by molar-refractivity contribution is -0.135. The van der Waals surface area contributed by atoms with Crippen molar-refractivity contribution in [2.75, 3.05) is 19.7 Å². The third kappa shape index (κ3) is 4.60. The predicted molar refractivity (Wildman–Crippen MR) is 120 cm³/mol. The summed E-state index contributed by atoms with van der Waals surface area (Å²) in [4.78, 5) is 27.3. The van der Waals surface area contributed by atoms with E-state index >= 15 is 0 Å². The van der Waals surface area contributed by atoms with Gasteiger partial charge in [0.2, 0.25) is 5.91 Å². The molecule has 4 rings (SSSR count). The fourth-order valence-electron chi connectivity index (χ4n) is 4.62. The van der Waals surface area contributed by atoms with E-state index in [1.807, 2.05) is 49.1 Å². The van der Waals surface area contributed by atoms with Crippen molar-refractivity contribution in [3.05, 3.63) is 58.7 Å². The van der Waals surface area contributed by atoms with E-state index in [2.05, 4.69) is 13.0 Å². The van der Waals surface area contributed by atoms with Gasteiger partial charge in [-0.1, -0.05) is 25.1 Å². The number of ether oxygens (including phenoxy) is 2. The number of carbonyl (C=O) groups excluding carboxylic acids is 2.